The Morgan fingerprint density at radius 3 is 2.25 bits per heavy atom. The van der Waals surface area contributed by atoms with Gasteiger partial charge in [-0.3, -0.25) is 9.59 Å². The standard InChI is InChI=1S/C24H22BrFN2O4/c1-31-19-7-15(8-20(11-19)32-2)13-28-24(30)17-6-14(12-25)5-16(9-17)21-4-3-18(26)10-22(21)23(27)29/h3-11H,12-13H2,1-2H3,(H2,27,29)(H,28,30). The number of amides is 2. The third kappa shape index (κ3) is 5.45. The van der Waals surface area contributed by atoms with Crippen molar-refractivity contribution in [2.24, 2.45) is 5.73 Å². The van der Waals surface area contributed by atoms with E-state index in [1.165, 1.54) is 12.1 Å². The SMILES string of the molecule is COc1cc(CNC(=O)c2cc(CBr)cc(-c3ccc(F)cc3C(N)=O)c2)cc(OC)c1. The number of carbonyl (C=O) groups excluding carboxylic acids is 2. The summed E-state index contributed by atoms with van der Waals surface area (Å²) in [6.07, 6.45) is 0. The first-order chi connectivity index (χ1) is 15.3. The molecule has 0 unspecified atom stereocenters. The molecule has 166 valence electrons. The highest BCUT2D eigenvalue weighted by Crippen LogP contribution is 2.28. The molecule has 0 aliphatic rings. The van der Waals surface area contributed by atoms with Crippen molar-refractivity contribution in [3.8, 4) is 22.6 Å². The maximum atomic E-state index is 13.6. The van der Waals surface area contributed by atoms with Crippen LogP contribution in [-0.2, 0) is 11.9 Å². The van der Waals surface area contributed by atoms with Gasteiger partial charge in [0.15, 0.2) is 0 Å². The van der Waals surface area contributed by atoms with Gasteiger partial charge < -0.3 is 20.5 Å². The molecule has 0 heterocycles. The number of ether oxygens (including phenoxy) is 2. The summed E-state index contributed by atoms with van der Waals surface area (Å²) in [7, 11) is 3.11. The minimum absolute atomic E-state index is 0.0477. The molecule has 0 spiro atoms. The van der Waals surface area contributed by atoms with Crippen LogP contribution < -0.4 is 20.5 Å². The first-order valence-electron chi connectivity index (χ1n) is 9.64. The fraction of sp³-hybridized carbons (Fsp3) is 0.167. The Morgan fingerprint density at radius 2 is 1.66 bits per heavy atom. The van der Waals surface area contributed by atoms with E-state index in [2.05, 4.69) is 21.2 Å². The molecular formula is C24H22BrFN2O4. The number of rotatable bonds is 8. The number of hydrogen-bond acceptors (Lipinski definition) is 4. The monoisotopic (exact) mass is 500 g/mol. The van der Waals surface area contributed by atoms with Crippen molar-refractivity contribution in [3.63, 3.8) is 0 Å². The Balaban J connectivity index is 1.91. The molecule has 0 radical (unpaired) electrons. The van der Waals surface area contributed by atoms with E-state index in [1.54, 1.807) is 44.6 Å². The summed E-state index contributed by atoms with van der Waals surface area (Å²) in [4.78, 5) is 24.7. The number of methoxy groups -OCH3 is 2. The van der Waals surface area contributed by atoms with Gasteiger partial charge in [-0.15, -0.1) is 0 Å². The third-order valence-corrected chi connectivity index (χ3v) is 5.48. The van der Waals surface area contributed by atoms with Gasteiger partial charge in [0.05, 0.1) is 14.2 Å². The quantitative estimate of drug-likeness (QED) is 0.447. The predicted molar refractivity (Wildman–Crippen MR) is 124 cm³/mol. The molecule has 3 rings (SSSR count). The van der Waals surface area contributed by atoms with E-state index in [0.29, 0.717) is 33.5 Å². The largest absolute Gasteiger partial charge is 0.497 e. The average Bonchev–Trinajstić information content (AvgIpc) is 2.81. The Labute approximate surface area is 193 Å². The minimum Gasteiger partial charge on any atom is -0.497 e. The number of nitrogens with two attached hydrogens (primary N) is 1. The molecule has 0 atom stereocenters. The van der Waals surface area contributed by atoms with Crippen LogP contribution in [0.4, 0.5) is 4.39 Å². The molecule has 3 aromatic rings. The van der Waals surface area contributed by atoms with Crippen LogP contribution in [-0.4, -0.2) is 26.0 Å². The zero-order chi connectivity index (χ0) is 23.3. The van der Waals surface area contributed by atoms with Crippen molar-refractivity contribution >= 4 is 27.7 Å². The van der Waals surface area contributed by atoms with Gasteiger partial charge >= 0.3 is 0 Å². The van der Waals surface area contributed by atoms with Crippen LogP contribution in [0.15, 0.2) is 54.6 Å². The van der Waals surface area contributed by atoms with E-state index in [0.717, 1.165) is 17.2 Å². The first-order valence-corrected chi connectivity index (χ1v) is 10.8. The van der Waals surface area contributed by atoms with Crippen molar-refractivity contribution in [2.45, 2.75) is 11.9 Å². The Kier molecular flexibility index (Phi) is 7.48. The molecule has 3 N–H and O–H groups in total. The van der Waals surface area contributed by atoms with Crippen molar-refractivity contribution in [2.75, 3.05) is 14.2 Å². The van der Waals surface area contributed by atoms with Crippen molar-refractivity contribution in [1.29, 1.82) is 0 Å². The van der Waals surface area contributed by atoms with Crippen molar-refractivity contribution in [3.05, 3.63) is 82.7 Å². The number of primary amides is 1. The van der Waals surface area contributed by atoms with Gasteiger partial charge in [-0.1, -0.05) is 28.1 Å². The lowest BCUT2D eigenvalue weighted by atomic mass is 9.95. The zero-order valence-corrected chi connectivity index (χ0v) is 19.2. The molecule has 0 aliphatic carbocycles. The van der Waals surface area contributed by atoms with E-state index in [9.17, 15) is 14.0 Å². The van der Waals surface area contributed by atoms with Crippen LogP contribution in [0, 0.1) is 5.82 Å². The summed E-state index contributed by atoms with van der Waals surface area (Å²) < 4.78 is 24.2. The van der Waals surface area contributed by atoms with Gasteiger partial charge in [0.25, 0.3) is 5.91 Å². The van der Waals surface area contributed by atoms with Gasteiger partial charge in [0.2, 0.25) is 5.91 Å². The molecule has 3 aromatic carbocycles. The smallest absolute Gasteiger partial charge is 0.251 e. The van der Waals surface area contributed by atoms with Crippen LogP contribution in [0.2, 0.25) is 0 Å². The van der Waals surface area contributed by atoms with E-state index < -0.39 is 11.7 Å². The minimum atomic E-state index is -0.748. The molecule has 0 aliphatic heterocycles. The van der Waals surface area contributed by atoms with Crippen LogP contribution in [0.3, 0.4) is 0 Å². The second-order valence-corrected chi connectivity index (χ2v) is 7.57. The summed E-state index contributed by atoms with van der Waals surface area (Å²) in [5, 5.41) is 3.36. The summed E-state index contributed by atoms with van der Waals surface area (Å²) in [6.45, 7) is 0.253. The van der Waals surface area contributed by atoms with Gasteiger partial charge in [-0.25, -0.2) is 4.39 Å². The lowest BCUT2D eigenvalue weighted by molar-refractivity contribution is 0.0949. The third-order valence-electron chi connectivity index (χ3n) is 4.83. The molecule has 6 nitrogen and oxygen atoms in total. The molecule has 32 heavy (non-hydrogen) atoms. The molecule has 0 bridgehead atoms. The lowest BCUT2D eigenvalue weighted by Gasteiger charge is -2.13. The van der Waals surface area contributed by atoms with Crippen LogP contribution >= 0.6 is 15.9 Å². The molecule has 0 aromatic heterocycles. The number of hydrogen-bond donors (Lipinski definition) is 2. The fourth-order valence-corrected chi connectivity index (χ4v) is 3.60. The highest BCUT2D eigenvalue weighted by molar-refractivity contribution is 9.08. The zero-order valence-electron chi connectivity index (χ0n) is 17.6. The Hall–Kier alpha value is -3.39. The maximum Gasteiger partial charge on any atom is 0.251 e. The van der Waals surface area contributed by atoms with Crippen molar-refractivity contribution in [1.82, 2.24) is 5.32 Å². The van der Waals surface area contributed by atoms with Gasteiger partial charge in [0.1, 0.15) is 17.3 Å². The molecule has 8 heteroatoms. The first kappa shape index (κ1) is 23.3. The summed E-state index contributed by atoms with van der Waals surface area (Å²) >= 11 is 3.40. The van der Waals surface area contributed by atoms with Crippen LogP contribution in [0.5, 0.6) is 11.5 Å². The van der Waals surface area contributed by atoms with Gasteiger partial charge in [-0.2, -0.15) is 0 Å². The Bertz CT molecular complexity index is 1140. The van der Waals surface area contributed by atoms with Gasteiger partial charge in [-0.05, 0) is 58.7 Å². The lowest BCUT2D eigenvalue weighted by Crippen LogP contribution is -2.23. The number of carbonyl (C=O) groups is 2. The number of nitrogens with one attached hydrogen (secondary N) is 1. The predicted octanol–water partition coefficient (Wildman–Crippen LogP) is 4.43. The second kappa shape index (κ2) is 10.3. The molecule has 0 fully saturated rings. The van der Waals surface area contributed by atoms with Crippen LogP contribution in [0.25, 0.3) is 11.1 Å². The Morgan fingerprint density at radius 1 is 0.969 bits per heavy atom. The van der Waals surface area contributed by atoms with Gasteiger partial charge in [0, 0.05) is 29.1 Å². The highest BCUT2D eigenvalue weighted by atomic mass is 79.9. The fourth-order valence-electron chi connectivity index (χ4n) is 3.28. The summed E-state index contributed by atoms with van der Waals surface area (Å²) in [5.74, 6) is -0.383. The molecule has 0 saturated carbocycles. The van der Waals surface area contributed by atoms with E-state index >= 15 is 0 Å². The topological polar surface area (TPSA) is 90.6 Å². The average molecular weight is 501 g/mol. The van der Waals surface area contributed by atoms with E-state index in [-0.39, 0.29) is 18.0 Å². The molecule has 2 amide bonds. The summed E-state index contributed by atoms with van der Waals surface area (Å²) in [6, 6.07) is 14.4. The second-order valence-electron chi connectivity index (χ2n) is 7.01. The van der Waals surface area contributed by atoms with E-state index in [4.69, 9.17) is 15.2 Å². The molecular weight excluding hydrogens is 479 g/mol. The van der Waals surface area contributed by atoms with E-state index in [1.807, 2.05) is 6.07 Å². The van der Waals surface area contributed by atoms with Crippen LogP contribution in [0.1, 0.15) is 31.8 Å². The van der Waals surface area contributed by atoms with Crippen molar-refractivity contribution < 1.29 is 23.5 Å². The number of alkyl halides is 1. The maximum absolute atomic E-state index is 13.6. The number of halogens is 2. The summed E-state index contributed by atoms with van der Waals surface area (Å²) in [5.41, 5.74) is 8.54. The number of benzene rings is 3. The normalized spacial score (nSPS) is 10.5. The molecule has 0 saturated heterocycles. The highest BCUT2D eigenvalue weighted by Gasteiger charge is 2.15.